The third-order valence-corrected chi connectivity index (χ3v) is 6.29. The summed E-state index contributed by atoms with van der Waals surface area (Å²) in [6.45, 7) is 5.69. The minimum absolute atomic E-state index is 0.143. The molecule has 4 rings (SSSR count). The first-order valence-corrected chi connectivity index (χ1v) is 11.7. The molecule has 168 valence electrons. The molecule has 0 fully saturated rings. The van der Waals surface area contributed by atoms with Gasteiger partial charge >= 0.3 is 0 Å². The van der Waals surface area contributed by atoms with Crippen molar-refractivity contribution in [2.45, 2.75) is 26.0 Å². The summed E-state index contributed by atoms with van der Waals surface area (Å²) in [6, 6.07) is 19.3. The Morgan fingerprint density at radius 3 is 2.45 bits per heavy atom. The van der Waals surface area contributed by atoms with E-state index in [1.54, 1.807) is 17.8 Å². The topological polar surface area (TPSA) is 88.9 Å². The second-order valence-corrected chi connectivity index (χ2v) is 9.11. The summed E-state index contributed by atoms with van der Waals surface area (Å²) >= 11 is 1.28. The van der Waals surface area contributed by atoms with Gasteiger partial charge in [0, 0.05) is 11.1 Å². The monoisotopic (exact) mass is 459 g/mol. The normalized spacial score (nSPS) is 11.8. The molecule has 0 spiro atoms. The van der Waals surface area contributed by atoms with Gasteiger partial charge in [-0.1, -0.05) is 35.9 Å². The molecule has 0 saturated heterocycles. The van der Waals surface area contributed by atoms with E-state index in [1.165, 1.54) is 11.8 Å². The Kier molecular flexibility index (Phi) is 6.74. The van der Waals surface area contributed by atoms with E-state index < -0.39 is 5.25 Å². The number of aryl methyl sites for hydroxylation is 2. The summed E-state index contributed by atoms with van der Waals surface area (Å²) in [4.78, 5) is 29.4. The van der Waals surface area contributed by atoms with Crippen molar-refractivity contribution >= 4 is 46.0 Å². The Labute approximate surface area is 196 Å². The van der Waals surface area contributed by atoms with Crippen LogP contribution in [0.25, 0.3) is 16.7 Å². The number of carbonyl (C=O) groups is 2. The van der Waals surface area contributed by atoms with Crippen LogP contribution in [0.4, 0.5) is 11.4 Å². The van der Waals surface area contributed by atoms with Gasteiger partial charge in [0.2, 0.25) is 11.8 Å². The average molecular weight is 460 g/mol. The number of pyridine rings is 1. The van der Waals surface area contributed by atoms with E-state index in [0.717, 1.165) is 33.7 Å². The molecule has 0 radical (unpaired) electrons. The molecule has 8 heteroatoms. The lowest BCUT2D eigenvalue weighted by atomic mass is 10.2. The Morgan fingerprint density at radius 1 is 1.00 bits per heavy atom. The lowest BCUT2D eigenvalue weighted by Gasteiger charge is -2.12. The second kappa shape index (κ2) is 9.87. The number of fused-ring (bicyclic) bond motifs is 1. The SMILES string of the molecule is Cc1ccc(NC(=O)CSC(C)C(=O)Nc2cnc3c(c2)c(C)nn3-c2ccccc2)cc1. The fourth-order valence-corrected chi connectivity index (χ4v) is 4.00. The number of nitrogens with zero attached hydrogens (tertiary/aromatic N) is 3. The highest BCUT2D eigenvalue weighted by molar-refractivity contribution is 8.01. The molecule has 2 N–H and O–H groups in total. The number of hydrogen-bond donors (Lipinski definition) is 2. The third kappa shape index (κ3) is 5.40. The molecule has 2 amide bonds. The maximum absolute atomic E-state index is 12.7. The molecule has 2 aromatic carbocycles. The molecule has 1 unspecified atom stereocenters. The molecular formula is C25H25N5O2S. The van der Waals surface area contributed by atoms with Crippen molar-refractivity contribution in [1.29, 1.82) is 0 Å². The largest absolute Gasteiger partial charge is 0.325 e. The number of amides is 2. The highest BCUT2D eigenvalue weighted by atomic mass is 32.2. The molecule has 0 aliphatic rings. The highest BCUT2D eigenvalue weighted by Crippen LogP contribution is 2.23. The Bertz CT molecular complexity index is 1290. The Hall–Kier alpha value is -3.65. The molecule has 0 aliphatic heterocycles. The number of rotatable bonds is 7. The van der Waals surface area contributed by atoms with Crippen LogP contribution in [-0.2, 0) is 9.59 Å². The van der Waals surface area contributed by atoms with Gasteiger partial charge in [-0.05, 0) is 51.1 Å². The molecule has 0 bridgehead atoms. The van der Waals surface area contributed by atoms with Crippen molar-refractivity contribution in [2.75, 3.05) is 16.4 Å². The van der Waals surface area contributed by atoms with Gasteiger partial charge in [0.1, 0.15) is 0 Å². The number of para-hydroxylation sites is 1. The summed E-state index contributed by atoms with van der Waals surface area (Å²) in [7, 11) is 0. The van der Waals surface area contributed by atoms with Crippen LogP contribution in [0.2, 0.25) is 0 Å². The molecule has 0 aliphatic carbocycles. The molecule has 1 atom stereocenters. The minimum atomic E-state index is -0.405. The molecular weight excluding hydrogens is 434 g/mol. The van der Waals surface area contributed by atoms with Crippen LogP contribution >= 0.6 is 11.8 Å². The number of nitrogens with one attached hydrogen (secondary N) is 2. The Balaban J connectivity index is 1.37. The van der Waals surface area contributed by atoms with E-state index in [1.807, 2.05) is 74.5 Å². The first-order valence-electron chi connectivity index (χ1n) is 10.6. The smallest absolute Gasteiger partial charge is 0.237 e. The summed E-state index contributed by atoms with van der Waals surface area (Å²) < 4.78 is 1.79. The van der Waals surface area contributed by atoms with Crippen LogP contribution in [0, 0.1) is 13.8 Å². The highest BCUT2D eigenvalue weighted by Gasteiger charge is 2.17. The van der Waals surface area contributed by atoms with Crippen molar-refractivity contribution in [3.05, 3.63) is 78.1 Å². The first-order chi connectivity index (χ1) is 15.9. The van der Waals surface area contributed by atoms with Gasteiger partial charge in [0.25, 0.3) is 0 Å². The third-order valence-electron chi connectivity index (χ3n) is 5.14. The molecule has 33 heavy (non-hydrogen) atoms. The number of thioether (sulfide) groups is 1. The van der Waals surface area contributed by atoms with Gasteiger partial charge in [-0.3, -0.25) is 9.59 Å². The van der Waals surface area contributed by atoms with E-state index >= 15 is 0 Å². The van der Waals surface area contributed by atoms with E-state index in [4.69, 9.17) is 0 Å². The van der Waals surface area contributed by atoms with E-state index in [2.05, 4.69) is 20.7 Å². The van der Waals surface area contributed by atoms with Crippen LogP contribution in [0.3, 0.4) is 0 Å². The summed E-state index contributed by atoms with van der Waals surface area (Å²) in [5, 5.41) is 10.8. The van der Waals surface area contributed by atoms with Crippen molar-refractivity contribution < 1.29 is 9.59 Å². The number of carbonyl (C=O) groups excluding carboxylic acids is 2. The molecule has 4 aromatic rings. The zero-order valence-electron chi connectivity index (χ0n) is 18.7. The second-order valence-electron chi connectivity index (χ2n) is 7.78. The zero-order chi connectivity index (χ0) is 23.4. The standard InChI is InChI=1S/C25H25N5O2S/c1-16-9-11-19(12-10-16)27-23(31)15-33-18(3)25(32)28-20-13-22-17(2)29-30(24(22)26-14-20)21-7-5-4-6-8-21/h4-14,18H,15H2,1-3H3,(H,27,31)(H,28,32). The van der Waals surface area contributed by atoms with E-state index in [0.29, 0.717) is 5.69 Å². The maximum Gasteiger partial charge on any atom is 0.237 e. The van der Waals surface area contributed by atoms with Gasteiger partial charge in [-0.2, -0.15) is 5.10 Å². The molecule has 0 saturated carbocycles. The van der Waals surface area contributed by atoms with Crippen molar-refractivity contribution in [3.8, 4) is 5.69 Å². The number of benzene rings is 2. The molecule has 7 nitrogen and oxygen atoms in total. The van der Waals surface area contributed by atoms with Crippen LogP contribution in [0.5, 0.6) is 0 Å². The lowest BCUT2D eigenvalue weighted by molar-refractivity contribution is -0.115. The predicted octanol–water partition coefficient (Wildman–Crippen LogP) is 4.74. The average Bonchev–Trinajstić information content (AvgIpc) is 3.15. The van der Waals surface area contributed by atoms with Crippen molar-refractivity contribution in [1.82, 2.24) is 14.8 Å². The van der Waals surface area contributed by atoms with Crippen LogP contribution in [0.1, 0.15) is 18.2 Å². The van der Waals surface area contributed by atoms with Crippen molar-refractivity contribution in [2.24, 2.45) is 0 Å². The van der Waals surface area contributed by atoms with Gasteiger partial charge in [-0.25, -0.2) is 9.67 Å². The fourth-order valence-electron chi connectivity index (χ4n) is 3.32. The van der Waals surface area contributed by atoms with E-state index in [9.17, 15) is 9.59 Å². The number of aromatic nitrogens is 3. The van der Waals surface area contributed by atoms with Crippen LogP contribution < -0.4 is 10.6 Å². The predicted molar refractivity (Wildman–Crippen MR) is 134 cm³/mol. The van der Waals surface area contributed by atoms with Crippen molar-refractivity contribution in [3.63, 3.8) is 0 Å². The maximum atomic E-state index is 12.7. The zero-order valence-corrected chi connectivity index (χ0v) is 19.5. The van der Waals surface area contributed by atoms with Gasteiger partial charge < -0.3 is 10.6 Å². The van der Waals surface area contributed by atoms with E-state index in [-0.39, 0.29) is 17.6 Å². The molecule has 2 aromatic heterocycles. The summed E-state index contributed by atoms with van der Waals surface area (Å²) in [6.07, 6.45) is 1.63. The van der Waals surface area contributed by atoms with Gasteiger partial charge in [0.15, 0.2) is 5.65 Å². The fraction of sp³-hybridized carbons (Fsp3) is 0.200. The van der Waals surface area contributed by atoms with Gasteiger partial charge in [0.05, 0.1) is 34.3 Å². The van der Waals surface area contributed by atoms with Gasteiger partial charge in [-0.15, -0.1) is 11.8 Å². The number of anilines is 2. The number of hydrogen-bond acceptors (Lipinski definition) is 5. The van der Waals surface area contributed by atoms with Crippen LogP contribution in [0.15, 0.2) is 66.9 Å². The first kappa shape index (κ1) is 22.5. The summed E-state index contributed by atoms with van der Waals surface area (Å²) in [5.74, 6) is -0.143. The summed E-state index contributed by atoms with van der Waals surface area (Å²) in [5.41, 5.74) is 4.95. The lowest BCUT2D eigenvalue weighted by Crippen LogP contribution is -2.25. The molecule has 2 heterocycles. The Morgan fingerprint density at radius 2 is 1.73 bits per heavy atom. The van der Waals surface area contributed by atoms with Crippen LogP contribution in [-0.4, -0.2) is 37.6 Å². The quantitative estimate of drug-likeness (QED) is 0.417. The minimum Gasteiger partial charge on any atom is -0.325 e.